The average Bonchev–Trinajstić information content (AvgIpc) is 3.20. The summed E-state index contributed by atoms with van der Waals surface area (Å²) in [7, 11) is 1.30. The highest BCUT2D eigenvalue weighted by atomic mass is 32.2. The van der Waals surface area contributed by atoms with E-state index in [-0.39, 0.29) is 11.5 Å². The Morgan fingerprint density at radius 2 is 2.06 bits per heavy atom. The van der Waals surface area contributed by atoms with E-state index in [9.17, 15) is 14.4 Å². The third-order valence-corrected chi connectivity index (χ3v) is 6.22. The minimum absolute atomic E-state index is 0.204. The number of nitrogens with one attached hydrogen (secondary N) is 1. The van der Waals surface area contributed by atoms with Crippen molar-refractivity contribution in [3.05, 3.63) is 45.9 Å². The third-order valence-electron chi connectivity index (χ3n) is 4.87. The number of ether oxygens (including phenoxy) is 1. The zero-order chi connectivity index (χ0) is 23.3. The van der Waals surface area contributed by atoms with Gasteiger partial charge in [-0.2, -0.15) is 0 Å². The van der Waals surface area contributed by atoms with Crippen molar-refractivity contribution in [1.82, 2.24) is 14.7 Å². The van der Waals surface area contributed by atoms with E-state index in [1.54, 1.807) is 29.7 Å². The molecule has 0 aliphatic carbocycles. The van der Waals surface area contributed by atoms with Gasteiger partial charge in [-0.15, -0.1) is 0 Å². The Morgan fingerprint density at radius 1 is 1.28 bits per heavy atom. The smallest absolute Gasteiger partial charge is 0.337 e. The van der Waals surface area contributed by atoms with Gasteiger partial charge >= 0.3 is 5.97 Å². The second-order valence-electron chi connectivity index (χ2n) is 7.26. The van der Waals surface area contributed by atoms with Gasteiger partial charge in [0.1, 0.15) is 5.76 Å². The summed E-state index contributed by atoms with van der Waals surface area (Å²) in [5, 5.41) is 6.87. The SMILES string of the molecule is CCCCn1c(S[C@H](CC)C(=O)Nc2cc(C)on2)nc2cc(C(=O)OC)ccc2c1=O. The van der Waals surface area contributed by atoms with Crippen LogP contribution >= 0.6 is 11.8 Å². The predicted octanol–water partition coefficient (Wildman–Crippen LogP) is 3.79. The molecule has 170 valence electrons. The summed E-state index contributed by atoms with van der Waals surface area (Å²) in [4.78, 5) is 42.6. The third kappa shape index (κ3) is 5.18. The van der Waals surface area contributed by atoms with Gasteiger partial charge in [0.25, 0.3) is 5.56 Å². The van der Waals surface area contributed by atoms with Gasteiger partial charge in [0, 0.05) is 12.6 Å². The number of amides is 1. The van der Waals surface area contributed by atoms with E-state index in [0.29, 0.717) is 46.2 Å². The van der Waals surface area contributed by atoms with Crippen molar-refractivity contribution >= 4 is 40.4 Å². The maximum Gasteiger partial charge on any atom is 0.337 e. The topological polar surface area (TPSA) is 116 Å². The lowest BCUT2D eigenvalue weighted by Gasteiger charge is -2.17. The van der Waals surface area contributed by atoms with Crippen molar-refractivity contribution in [2.75, 3.05) is 12.4 Å². The largest absolute Gasteiger partial charge is 0.465 e. The molecule has 0 radical (unpaired) electrons. The van der Waals surface area contributed by atoms with E-state index in [0.717, 1.165) is 12.8 Å². The monoisotopic (exact) mass is 458 g/mol. The number of thioether (sulfide) groups is 1. The number of nitrogens with zero attached hydrogens (tertiary/aromatic N) is 3. The Kier molecular flexibility index (Phi) is 7.68. The van der Waals surface area contributed by atoms with Gasteiger partial charge in [0.05, 0.1) is 28.8 Å². The molecule has 9 nitrogen and oxygen atoms in total. The molecule has 0 saturated carbocycles. The van der Waals surface area contributed by atoms with Crippen LogP contribution in [0.15, 0.2) is 38.7 Å². The number of esters is 1. The molecule has 32 heavy (non-hydrogen) atoms. The van der Waals surface area contributed by atoms with Crippen LogP contribution in [0.2, 0.25) is 0 Å². The van der Waals surface area contributed by atoms with Crippen LogP contribution in [-0.2, 0) is 16.1 Å². The van der Waals surface area contributed by atoms with E-state index in [1.165, 1.54) is 24.9 Å². The maximum atomic E-state index is 13.2. The Balaban J connectivity index is 1.99. The zero-order valence-corrected chi connectivity index (χ0v) is 19.3. The van der Waals surface area contributed by atoms with Gasteiger partial charge in [-0.05, 0) is 38.0 Å². The molecule has 2 heterocycles. The Bertz CT molecular complexity index is 1190. The van der Waals surface area contributed by atoms with Crippen molar-refractivity contribution < 1.29 is 18.8 Å². The fourth-order valence-corrected chi connectivity index (χ4v) is 4.17. The van der Waals surface area contributed by atoms with Gasteiger partial charge in [0.15, 0.2) is 11.0 Å². The predicted molar refractivity (Wildman–Crippen MR) is 122 cm³/mol. The summed E-state index contributed by atoms with van der Waals surface area (Å²) in [6.07, 6.45) is 2.21. The number of rotatable bonds is 9. The number of benzene rings is 1. The van der Waals surface area contributed by atoms with Crippen molar-refractivity contribution in [3.8, 4) is 0 Å². The number of hydrogen-bond donors (Lipinski definition) is 1. The molecule has 1 aromatic carbocycles. The minimum Gasteiger partial charge on any atom is -0.465 e. The molecule has 10 heteroatoms. The highest BCUT2D eigenvalue weighted by molar-refractivity contribution is 8.00. The molecule has 0 aliphatic rings. The first-order valence-electron chi connectivity index (χ1n) is 10.4. The molecule has 1 atom stereocenters. The van der Waals surface area contributed by atoms with Gasteiger partial charge in [0.2, 0.25) is 5.91 Å². The van der Waals surface area contributed by atoms with Gasteiger partial charge < -0.3 is 14.6 Å². The van der Waals surface area contributed by atoms with Crippen LogP contribution < -0.4 is 10.9 Å². The van der Waals surface area contributed by atoms with Crippen molar-refractivity contribution in [1.29, 1.82) is 0 Å². The molecule has 1 amide bonds. The highest BCUT2D eigenvalue weighted by Crippen LogP contribution is 2.26. The van der Waals surface area contributed by atoms with Crippen molar-refractivity contribution in [2.45, 2.75) is 57.0 Å². The number of fused-ring (bicyclic) bond motifs is 1. The van der Waals surface area contributed by atoms with Crippen molar-refractivity contribution in [2.24, 2.45) is 0 Å². The molecule has 3 rings (SSSR count). The van der Waals surface area contributed by atoms with Crippen LogP contribution in [0, 0.1) is 6.92 Å². The van der Waals surface area contributed by atoms with E-state index in [2.05, 4.69) is 15.5 Å². The summed E-state index contributed by atoms with van der Waals surface area (Å²) < 4.78 is 11.4. The van der Waals surface area contributed by atoms with Crippen LogP contribution in [0.1, 0.15) is 49.2 Å². The summed E-state index contributed by atoms with van der Waals surface area (Å²) in [6, 6.07) is 6.31. The number of hydrogen-bond acceptors (Lipinski definition) is 8. The summed E-state index contributed by atoms with van der Waals surface area (Å²) in [6.45, 7) is 6.15. The lowest BCUT2D eigenvalue weighted by atomic mass is 10.1. The van der Waals surface area contributed by atoms with Gasteiger partial charge in [-0.3, -0.25) is 14.2 Å². The van der Waals surface area contributed by atoms with E-state index < -0.39 is 11.2 Å². The molecule has 0 aliphatic heterocycles. The van der Waals surface area contributed by atoms with E-state index in [4.69, 9.17) is 9.26 Å². The highest BCUT2D eigenvalue weighted by Gasteiger charge is 2.23. The molecule has 0 bridgehead atoms. The van der Waals surface area contributed by atoms with Crippen LogP contribution in [0.3, 0.4) is 0 Å². The van der Waals surface area contributed by atoms with E-state index in [1.807, 2.05) is 13.8 Å². The summed E-state index contributed by atoms with van der Waals surface area (Å²) in [5.74, 6) is 0.161. The number of unbranched alkanes of at least 4 members (excludes halogenated alkanes) is 1. The maximum absolute atomic E-state index is 13.2. The average molecular weight is 459 g/mol. The molecule has 0 saturated heterocycles. The molecule has 0 spiro atoms. The Morgan fingerprint density at radius 3 is 2.69 bits per heavy atom. The minimum atomic E-state index is -0.508. The second-order valence-corrected chi connectivity index (χ2v) is 8.42. The Hall–Kier alpha value is -3.14. The summed E-state index contributed by atoms with van der Waals surface area (Å²) >= 11 is 1.21. The Labute approximate surface area is 189 Å². The van der Waals surface area contributed by atoms with Crippen LogP contribution in [0.25, 0.3) is 10.9 Å². The van der Waals surface area contributed by atoms with E-state index >= 15 is 0 Å². The normalized spacial score (nSPS) is 12.0. The second kappa shape index (κ2) is 10.4. The fourth-order valence-electron chi connectivity index (χ4n) is 3.13. The lowest BCUT2D eigenvalue weighted by Crippen LogP contribution is -2.28. The number of aromatic nitrogens is 3. The number of carbonyl (C=O) groups excluding carboxylic acids is 2. The van der Waals surface area contributed by atoms with Crippen LogP contribution in [0.4, 0.5) is 5.82 Å². The molecule has 0 fully saturated rings. The lowest BCUT2D eigenvalue weighted by molar-refractivity contribution is -0.115. The quantitative estimate of drug-likeness (QED) is 0.292. The van der Waals surface area contributed by atoms with Gasteiger partial charge in [-0.25, -0.2) is 9.78 Å². The molecule has 0 unspecified atom stereocenters. The first-order valence-corrected chi connectivity index (χ1v) is 11.3. The number of aryl methyl sites for hydroxylation is 1. The number of carbonyl (C=O) groups is 2. The van der Waals surface area contributed by atoms with Crippen LogP contribution in [-0.4, -0.2) is 38.9 Å². The number of methoxy groups -OCH3 is 1. The molecular formula is C22H26N4O5S. The van der Waals surface area contributed by atoms with Crippen molar-refractivity contribution in [3.63, 3.8) is 0 Å². The standard InChI is InChI=1S/C22H26N4O5S/c1-5-7-10-26-20(28)15-9-8-14(21(29)30-4)12-16(15)23-22(26)32-17(6-2)19(27)24-18-11-13(3)31-25-18/h8-9,11-12,17H,5-7,10H2,1-4H3,(H,24,25,27)/t17-/m1/s1. The molecular weight excluding hydrogens is 432 g/mol. The molecule has 1 N–H and O–H groups in total. The number of anilines is 1. The first kappa shape index (κ1) is 23.5. The molecule has 3 aromatic rings. The van der Waals surface area contributed by atoms with Crippen LogP contribution in [0.5, 0.6) is 0 Å². The first-order chi connectivity index (χ1) is 15.4. The fraction of sp³-hybridized carbons (Fsp3) is 0.409. The molecule has 2 aromatic heterocycles. The zero-order valence-electron chi connectivity index (χ0n) is 18.5. The summed E-state index contributed by atoms with van der Waals surface area (Å²) in [5.41, 5.74) is 0.487. The van der Waals surface area contributed by atoms with Gasteiger partial charge in [-0.1, -0.05) is 37.2 Å².